The number of hydrogen-bond donors (Lipinski definition) is 0. The molecule has 1 nitrogen and oxygen atoms in total. The molecule has 0 N–H and O–H groups in total. The van der Waals surface area contributed by atoms with E-state index in [1.807, 2.05) is 24.3 Å². The molecule has 0 bridgehead atoms. The maximum atomic E-state index is 13.5. The predicted octanol–water partition coefficient (Wildman–Crippen LogP) is 3.67. The Morgan fingerprint density at radius 3 is 2.62 bits per heavy atom. The van der Waals surface area contributed by atoms with Crippen molar-refractivity contribution in [3.63, 3.8) is 0 Å². The molecule has 3 aromatic rings. The normalized spacial score (nSPS) is 11.1. The molecule has 0 aliphatic heterocycles. The number of rotatable bonds is 0. The molecule has 0 amide bonds. The monoisotopic (exact) mass is 215 g/mol. The van der Waals surface area contributed by atoms with Crippen molar-refractivity contribution in [3.8, 4) is 0 Å². The van der Waals surface area contributed by atoms with Gasteiger partial charge in [0, 0.05) is 23.0 Å². The molecule has 0 saturated carbocycles. The van der Waals surface area contributed by atoms with E-state index in [4.69, 9.17) is 0 Å². The lowest BCUT2D eigenvalue weighted by Gasteiger charge is -2.03. The third-order valence-electron chi connectivity index (χ3n) is 2.61. The molecule has 0 aliphatic carbocycles. The van der Waals surface area contributed by atoms with Gasteiger partial charge in [-0.2, -0.15) is 0 Å². The third kappa shape index (κ3) is 1.25. The van der Waals surface area contributed by atoms with Crippen LogP contribution < -0.4 is 0 Å². The average Bonchev–Trinajstić information content (AvgIpc) is 2.28. The summed E-state index contributed by atoms with van der Waals surface area (Å²) in [6.07, 6.45) is 1.60. The van der Waals surface area contributed by atoms with Crippen LogP contribution >= 0.6 is 0 Å². The maximum Gasteiger partial charge on any atom is 0.152 e. The molecule has 0 unspecified atom stereocenters. The quantitative estimate of drug-likeness (QED) is 0.521. The van der Waals surface area contributed by atoms with Crippen molar-refractivity contribution in [2.75, 3.05) is 0 Å². The number of benzene rings is 2. The molecule has 1 heterocycles. The van der Waals surface area contributed by atoms with Crippen LogP contribution in [0.4, 0.5) is 8.78 Å². The van der Waals surface area contributed by atoms with Crippen molar-refractivity contribution < 1.29 is 8.78 Å². The minimum atomic E-state index is -0.624. The molecule has 0 aliphatic rings. The Labute approximate surface area is 90.3 Å². The number of aromatic nitrogens is 1. The zero-order chi connectivity index (χ0) is 11.1. The highest BCUT2D eigenvalue weighted by Gasteiger charge is 2.07. The first-order chi connectivity index (χ1) is 7.75. The van der Waals surface area contributed by atoms with Crippen LogP contribution in [0.2, 0.25) is 0 Å². The number of halogens is 2. The van der Waals surface area contributed by atoms with Crippen LogP contribution in [-0.2, 0) is 0 Å². The van der Waals surface area contributed by atoms with Gasteiger partial charge >= 0.3 is 0 Å². The van der Waals surface area contributed by atoms with Gasteiger partial charge in [0.25, 0.3) is 0 Å². The highest BCUT2D eigenvalue weighted by atomic mass is 19.1. The van der Waals surface area contributed by atoms with E-state index < -0.39 is 11.6 Å². The molecule has 3 heteroatoms. The smallest absolute Gasteiger partial charge is 0.152 e. The summed E-state index contributed by atoms with van der Waals surface area (Å²) in [4.78, 5) is 4.01. The fraction of sp³-hybridized carbons (Fsp3) is 0. The molecule has 78 valence electrons. The van der Waals surface area contributed by atoms with Gasteiger partial charge in [-0.05, 0) is 11.5 Å². The van der Waals surface area contributed by atoms with Gasteiger partial charge in [0.2, 0.25) is 0 Å². The average molecular weight is 215 g/mol. The summed E-state index contributed by atoms with van der Waals surface area (Å²) in [5, 5.41) is 2.20. The van der Waals surface area contributed by atoms with Crippen LogP contribution in [0.25, 0.3) is 21.7 Å². The predicted molar refractivity (Wildman–Crippen MR) is 59.2 cm³/mol. The molecule has 16 heavy (non-hydrogen) atoms. The van der Waals surface area contributed by atoms with E-state index in [1.54, 1.807) is 6.20 Å². The summed E-state index contributed by atoms with van der Waals surface area (Å²) in [7, 11) is 0. The number of nitrogens with zero attached hydrogens (tertiary/aromatic N) is 1. The van der Waals surface area contributed by atoms with Crippen LogP contribution in [0.1, 0.15) is 0 Å². The van der Waals surface area contributed by atoms with Gasteiger partial charge in [-0.3, -0.25) is 4.98 Å². The first kappa shape index (κ1) is 9.21. The zero-order valence-electron chi connectivity index (χ0n) is 8.24. The van der Waals surface area contributed by atoms with Crippen LogP contribution in [0.5, 0.6) is 0 Å². The first-order valence-corrected chi connectivity index (χ1v) is 4.88. The van der Waals surface area contributed by atoms with E-state index in [-0.39, 0.29) is 5.52 Å². The second-order valence-electron chi connectivity index (χ2n) is 3.63. The van der Waals surface area contributed by atoms with E-state index in [0.29, 0.717) is 5.39 Å². The molecule has 1 aromatic heterocycles. The van der Waals surface area contributed by atoms with E-state index in [0.717, 1.165) is 16.8 Å². The second kappa shape index (κ2) is 3.23. The van der Waals surface area contributed by atoms with Crippen molar-refractivity contribution in [3.05, 3.63) is 54.2 Å². The SMILES string of the molecule is Fc1cc(F)c2ncc3ccccc3c2c1. The molecule has 0 saturated heterocycles. The van der Waals surface area contributed by atoms with Crippen molar-refractivity contribution >= 4 is 21.7 Å². The summed E-state index contributed by atoms with van der Waals surface area (Å²) in [6, 6.07) is 9.57. The Morgan fingerprint density at radius 1 is 0.938 bits per heavy atom. The van der Waals surface area contributed by atoms with E-state index >= 15 is 0 Å². The van der Waals surface area contributed by atoms with Gasteiger partial charge in [-0.25, -0.2) is 8.78 Å². The minimum Gasteiger partial charge on any atom is -0.252 e. The van der Waals surface area contributed by atoms with Crippen LogP contribution in [0.15, 0.2) is 42.6 Å². The van der Waals surface area contributed by atoms with Crippen molar-refractivity contribution in [2.45, 2.75) is 0 Å². The van der Waals surface area contributed by atoms with Gasteiger partial charge in [0.05, 0.1) is 0 Å². The van der Waals surface area contributed by atoms with Crippen LogP contribution in [0, 0.1) is 11.6 Å². The lowest BCUT2D eigenvalue weighted by molar-refractivity contribution is 0.590. The highest BCUT2D eigenvalue weighted by molar-refractivity contribution is 6.05. The van der Waals surface area contributed by atoms with Crippen molar-refractivity contribution in [2.24, 2.45) is 0 Å². The summed E-state index contributed by atoms with van der Waals surface area (Å²) in [5.74, 6) is -1.20. The zero-order valence-corrected chi connectivity index (χ0v) is 8.24. The van der Waals surface area contributed by atoms with Crippen molar-refractivity contribution in [1.82, 2.24) is 4.98 Å². The fourth-order valence-corrected chi connectivity index (χ4v) is 1.89. The molecular weight excluding hydrogens is 208 g/mol. The van der Waals surface area contributed by atoms with Gasteiger partial charge in [-0.1, -0.05) is 24.3 Å². The van der Waals surface area contributed by atoms with Gasteiger partial charge < -0.3 is 0 Å². The summed E-state index contributed by atoms with van der Waals surface area (Å²) < 4.78 is 26.6. The Bertz CT molecular complexity index is 692. The van der Waals surface area contributed by atoms with Gasteiger partial charge in [0.15, 0.2) is 5.82 Å². The van der Waals surface area contributed by atoms with E-state index in [9.17, 15) is 8.78 Å². The number of hydrogen-bond acceptors (Lipinski definition) is 1. The Balaban J connectivity index is 2.59. The standard InChI is InChI=1S/C13H7F2N/c14-9-5-11-10-4-2-1-3-8(10)7-16-13(11)12(15)6-9/h1-7H. The van der Waals surface area contributed by atoms with Gasteiger partial charge in [-0.15, -0.1) is 0 Å². The molecule has 2 aromatic carbocycles. The van der Waals surface area contributed by atoms with Crippen LogP contribution in [0.3, 0.4) is 0 Å². The van der Waals surface area contributed by atoms with Crippen LogP contribution in [-0.4, -0.2) is 4.98 Å². The topological polar surface area (TPSA) is 12.9 Å². The molecular formula is C13H7F2N. The lowest BCUT2D eigenvalue weighted by Crippen LogP contribution is -1.88. The summed E-state index contributed by atoms with van der Waals surface area (Å²) >= 11 is 0. The molecule has 0 spiro atoms. The van der Waals surface area contributed by atoms with E-state index in [1.165, 1.54) is 6.07 Å². The largest absolute Gasteiger partial charge is 0.252 e. The first-order valence-electron chi connectivity index (χ1n) is 4.88. The number of pyridine rings is 1. The van der Waals surface area contributed by atoms with Gasteiger partial charge in [0.1, 0.15) is 11.3 Å². The summed E-state index contributed by atoms with van der Waals surface area (Å²) in [6.45, 7) is 0. The molecule has 0 fully saturated rings. The Morgan fingerprint density at radius 2 is 1.75 bits per heavy atom. The molecule has 0 atom stereocenters. The molecule has 3 rings (SSSR count). The Hall–Kier alpha value is -2.03. The maximum absolute atomic E-state index is 13.5. The lowest BCUT2D eigenvalue weighted by atomic mass is 10.1. The third-order valence-corrected chi connectivity index (χ3v) is 2.61. The van der Waals surface area contributed by atoms with E-state index in [2.05, 4.69) is 4.98 Å². The highest BCUT2D eigenvalue weighted by Crippen LogP contribution is 2.25. The minimum absolute atomic E-state index is 0.208. The number of fused-ring (bicyclic) bond motifs is 3. The summed E-state index contributed by atoms with van der Waals surface area (Å²) in [5.41, 5.74) is 0.208. The Kier molecular flexibility index (Phi) is 1.86. The molecule has 0 radical (unpaired) electrons. The fourth-order valence-electron chi connectivity index (χ4n) is 1.89. The second-order valence-corrected chi connectivity index (χ2v) is 3.63. The van der Waals surface area contributed by atoms with Crippen molar-refractivity contribution in [1.29, 1.82) is 0 Å².